The van der Waals surface area contributed by atoms with Crippen molar-refractivity contribution in [2.75, 3.05) is 29.0 Å². The number of para-hydroxylation sites is 1. The Morgan fingerprint density at radius 1 is 1.07 bits per heavy atom. The van der Waals surface area contributed by atoms with Gasteiger partial charge in [-0.05, 0) is 25.0 Å². The van der Waals surface area contributed by atoms with Crippen LogP contribution in [0.5, 0.6) is 0 Å². The summed E-state index contributed by atoms with van der Waals surface area (Å²) in [5.74, 6) is 0.0214. The molecule has 0 bridgehead atoms. The maximum absolute atomic E-state index is 12.6. The van der Waals surface area contributed by atoms with Crippen LogP contribution in [0.2, 0.25) is 0 Å². The molecule has 1 aromatic carbocycles. The van der Waals surface area contributed by atoms with E-state index in [9.17, 15) is 14.4 Å². The van der Waals surface area contributed by atoms with E-state index in [0.717, 1.165) is 37.8 Å². The lowest BCUT2D eigenvalue weighted by Crippen LogP contribution is -2.40. The molecule has 8 nitrogen and oxygen atoms in total. The summed E-state index contributed by atoms with van der Waals surface area (Å²) < 4.78 is 1.41. The largest absolute Gasteiger partial charge is 0.383 e. The van der Waals surface area contributed by atoms with Gasteiger partial charge in [0, 0.05) is 31.7 Å². The Kier molecular flexibility index (Phi) is 9.18. The average molecular weight is 416 g/mol. The van der Waals surface area contributed by atoms with Gasteiger partial charge in [-0.1, -0.05) is 51.3 Å². The molecule has 30 heavy (non-hydrogen) atoms. The Morgan fingerprint density at radius 3 is 2.43 bits per heavy atom. The molecule has 0 radical (unpaired) electrons. The van der Waals surface area contributed by atoms with Crippen molar-refractivity contribution in [3.63, 3.8) is 0 Å². The number of hydrogen-bond acceptors (Lipinski definition) is 5. The van der Waals surface area contributed by atoms with Crippen LogP contribution in [0.1, 0.15) is 52.4 Å². The second-order valence-electron chi connectivity index (χ2n) is 7.36. The monoisotopic (exact) mass is 415 g/mol. The maximum Gasteiger partial charge on any atom is 0.330 e. The predicted molar refractivity (Wildman–Crippen MR) is 122 cm³/mol. The highest BCUT2D eigenvalue weighted by molar-refractivity contribution is 5.91. The molecule has 1 amide bonds. The maximum atomic E-state index is 12.6. The van der Waals surface area contributed by atoms with Crippen LogP contribution in [-0.4, -0.2) is 28.5 Å². The number of nitrogen functional groups attached to an aromatic ring is 1. The van der Waals surface area contributed by atoms with E-state index in [1.807, 2.05) is 42.2 Å². The van der Waals surface area contributed by atoms with Crippen molar-refractivity contribution in [2.24, 2.45) is 0 Å². The number of aromatic nitrogens is 2. The van der Waals surface area contributed by atoms with Crippen molar-refractivity contribution in [2.45, 2.75) is 58.9 Å². The lowest BCUT2D eigenvalue weighted by atomic mass is 10.2. The fourth-order valence-corrected chi connectivity index (χ4v) is 3.29. The molecule has 2 aromatic rings. The normalized spacial score (nSPS) is 10.7. The number of H-pyrrole nitrogens is 1. The summed E-state index contributed by atoms with van der Waals surface area (Å²) in [6, 6.07) is 9.24. The molecule has 0 aliphatic heterocycles. The third-order valence-corrected chi connectivity index (χ3v) is 4.96. The van der Waals surface area contributed by atoms with E-state index in [1.54, 1.807) is 0 Å². The first kappa shape index (κ1) is 23.3. The van der Waals surface area contributed by atoms with E-state index in [4.69, 9.17) is 5.73 Å². The highest BCUT2D eigenvalue weighted by Crippen LogP contribution is 2.19. The third-order valence-electron chi connectivity index (χ3n) is 4.96. The molecule has 0 aliphatic rings. The number of carbonyl (C=O) groups excluding carboxylic acids is 1. The Balaban J connectivity index is 2.22. The zero-order valence-corrected chi connectivity index (χ0v) is 17.9. The number of carbonyl (C=O) groups is 1. The van der Waals surface area contributed by atoms with Gasteiger partial charge in [0.05, 0.1) is 0 Å². The minimum Gasteiger partial charge on any atom is -0.383 e. The Bertz CT molecular complexity index is 921. The van der Waals surface area contributed by atoms with Gasteiger partial charge in [0.25, 0.3) is 5.56 Å². The lowest BCUT2D eigenvalue weighted by molar-refractivity contribution is -0.116. The van der Waals surface area contributed by atoms with Crippen LogP contribution < -0.4 is 27.2 Å². The molecule has 0 spiro atoms. The number of hydrogen-bond donors (Lipinski definition) is 3. The Morgan fingerprint density at radius 2 is 1.77 bits per heavy atom. The van der Waals surface area contributed by atoms with E-state index in [0.29, 0.717) is 19.6 Å². The van der Waals surface area contributed by atoms with Crippen molar-refractivity contribution in [1.82, 2.24) is 9.55 Å². The molecule has 1 heterocycles. The molecule has 0 atom stereocenters. The van der Waals surface area contributed by atoms with Crippen LogP contribution in [0.15, 0.2) is 39.9 Å². The molecule has 4 N–H and O–H groups in total. The van der Waals surface area contributed by atoms with E-state index < -0.39 is 11.2 Å². The highest BCUT2D eigenvalue weighted by atomic mass is 16.2. The second kappa shape index (κ2) is 11.8. The predicted octanol–water partition coefficient (Wildman–Crippen LogP) is 2.94. The van der Waals surface area contributed by atoms with Crippen LogP contribution in [0, 0.1) is 0 Å². The molecule has 0 unspecified atom stereocenters. The minimum absolute atomic E-state index is 0.143. The number of nitrogens with two attached hydrogens (primary N) is 1. The number of anilines is 3. The highest BCUT2D eigenvalue weighted by Gasteiger charge is 2.19. The van der Waals surface area contributed by atoms with Crippen molar-refractivity contribution in [3.05, 3.63) is 51.2 Å². The second-order valence-corrected chi connectivity index (χ2v) is 7.36. The third kappa shape index (κ3) is 6.50. The fraction of sp³-hybridized carbons (Fsp3) is 0.500. The van der Waals surface area contributed by atoms with Crippen LogP contribution in [0.3, 0.4) is 0 Å². The van der Waals surface area contributed by atoms with Gasteiger partial charge in [-0.3, -0.25) is 19.1 Å². The van der Waals surface area contributed by atoms with Gasteiger partial charge < -0.3 is 16.0 Å². The zero-order chi connectivity index (χ0) is 21.9. The number of nitrogens with one attached hydrogen (secondary N) is 2. The van der Waals surface area contributed by atoms with Gasteiger partial charge in [0.1, 0.15) is 11.5 Å². The minimum atomic E-state index is -0.509. The van der Waals surface area contributed by atoms with Crippen LogP contribution in [-0.2, 0) is 11.3 Å². The van der Waals surface area contributed by atoms with Gasteiger partial charge in [-0.2, -0.15) is 0 Å². The summed E-state index contributed by atoms with van der Waals surface area (Å²) >= 11 is 0. The molecule has 1 aromatic heterocycles. The van der Waals surface area contributed by atoms with Crippen LogP contribution in [0.4, 0.5) is 17.2 Å². The van der Waals surface area contributed by atoms with Gasteiger partial charge in [-0.25, -0.2) is 4.79 Å². The van der Waals surface area contributed by atoms with Gasteiger partial charge in [0.15, 0.2) is 0 Å². The summed E-state index contributed by atoms with van der Waals surface area (Å²) in [7, 11) is 0. The smallest absolute Gasteiger partial charge is 0.330 e. The quantitative estimate of drug-likeness (QED) is 0.461. The van der Waals surface area contributed by atoms with Gasteiger partial charge >= 0.3 is 5.69 Å². The fourth-order valence-electron chi connectivity index (χ4n) is 3.29. The van der Waals surface area contributed by atoms with Gasteiger partial charge in [-0.15, -0.1) is 0 Å². The Hall–Kier alpha value is -3.03. The van der Waals surface area contributed by atoms with Crippen LogP contribution in [0.25, 0.3) is 0 Å². The van der Waals surface area contributed by atoms with E-state index in [1.165, 1.54) is 4.57 Å². The molecular weight excluding hydrogens is 382 g/mol. The molecule has 0 saturated heterocycles. The molecule has 8 heteroatoms. The van der Waals surface area contributed by atoms with Crippen molar-refractivity contribution < 1.29 is 4.79 Å². The number of aromatic amines is 1. The summed E-state index contributed by atoms with van der Waals surface area (Å²) in [6.07, 6.45) is 4.78. The topological polar surface area (TPSA) is 113 Å². The van der Waals surface area contributed by atoms with Crippen molar-refractivity contribution in [1.29, 1.82) is 0 Å². The first-order chi connectivity index (χ1) is 14.5. The standard InChI is InChI=1S/C22H33N5O3/c1-3-5-10-14-26(16-13-18(28)24-17-11-8-7-9-12-17)19-20(23)27(15-6-4-2)22(30)25-21(19)29/h7-9,11-12H,3-6,10,13-16,23H2,1-2H3,(H,24,28)(H,25,29,30). The molecule has 2 rings (SSSR count). The molecular formula is C22H33N5O3. The first-order valence-corrected chi connectivity index (χ1v) is 10.7. The molecule has 0 fully saturated rings. The number of benzene rings is 1. The first-order valence-electron chi connectivity index (χ1n) is 10.7. The summed E-state index contributed by atoms with van der Waals surface area (Å²) in [5, 5.41) is 2.86. The summed E-state index contributed by atoms with van der Waals surface area (Å²) in [6.45, 7) is 5.50. The Labute approximate surface area is 177 Å². The average Bonchev–Trinajstić information content (AvgIpc) is 2.72. The lowest BCUT2D eigenvalue weighted by Gasteiger charge is -2.26. The van der Waals surface area contributed by atoms with Crippen molar-refractivity contribution >= 4 is 23.1 Å². The molecule has 0 saturated carbocycles. The zero-order valence-electron chi connectivity index (χ0n) is 17.9. The van der Waals surface area contributed by atoms with Crippen molar-refractivity contribution in [3.8, 4) is 0 Å². The summed E-state index contributed by atoms with van der Waals surface area (Å²) in [5.41, 5.74) is 6.26. The summed E-state index contributed by atoms with van der Waals surface area (Å²) in [4.78, 5) is 41.4. The molecule has 164 valence electrons. The number of nitrogens with zero attached hydrogens (tertiary/aromatic N) is 2. The van der Waals surface area contributed by atoms with Gasteiger partial charge in [0.2, 0.25) is 5.91 Å². The number of rotatable bonds is 12. The van der Waals surface area contributed by atoms with E-state index >= 15 is 0 Å². The number of unbranched alkanes of at least 4 members (excludes halogenated alkanes) is 3. The van der Waals surface area contributed by atoms with E-state index in [-0.39, 0.29) is 23.8 Å². The molecule has 0 aliphatic carbocycles. The van der Waals surface area contributed by atoms with Crippen LogP contribution >= 0.6 is 0 Å². The van der Waals surface area contributed by atoms with E-state index in [2.05, 4.69) is 17.2 Å². The number of amides is 1. The SMILES string of the molecule is CCCCCN(CCC(=O)Nc1ccccc1)c1c(N)n(CCCC)c(=O)[nH]c1=O.